The van der Waals surface area contributed by atoms with E-state index in [0.717, 1.165) is 6.54 Å². The van der Waals surface area contributed by atoms with Crippen LogP contribution in [-0.2, 0) is 7.05 Å². The molecule has 0 aliphatic heterocycles. The molecule has 90 valence electrons. The van der Waals surface area contributed by atoms with Crippen LogP contribution in [0.2, 0.25) is 0 Å². The maximum Gasteiger partial charge on any atom is 0.0758 e. The third-order valence-electron chi connectivity index (χ3n) is 3.90. The van der Waals surface area contributed by atoms with Crippen molar-refractivity contribution in [3.05, 3.63) is 11.9 Å². The van der Waals surface area contributed by atoms with E-state index in [1.165, 1.54) is 31.4 Å². The van der Waals surface area contributed by atoms with Gasteiger partial charge in [0.05, 0.1) is 17.9 Å². The van der Waals surface area contributed by atoms with Gasteiger partial charge in [0.1, 0.15) is 0 Å². The highest BCUT2D eigenvalue weighted by atomic mass is 15.4. The third-order valence-corrected chi connectivity index (χ3v) is 3.90. The van der Waals surface area contributed by atoms with Crippen LogP contribution >= 0.6 is 0 Å². The molecule has 2 rings (SSSR count). The van der Waals surface area contributed by atoms with E-state index in [9.17, 15) is 0 Å². The third kappa shape index (κ3) is 1.98. The molecule has 4 nitrogen and oxygen atoms in total. The molecule has 1 atom stereocenters. The molecule has 0 bridgehead atoms. The lowest BCUT2D eigenvalue weighted by Gasteiger charge is -2.34. The molecular weight excluding hydrogens is 200 g/mol. The summed E-state index contributed by atoms with van der Waals surface area (Å²) in [6.07, 6.45) is 7.20. The SMILES string of the molecule is CCNC(c1cnnn1C)C1(C)CCCC1. The Bertz CT molecular complexity index is 339. The Hall–Kier alpha value is -0.900. The minimum absolute atomic E-state index is 0.367. The first kappa shape index (κ1) is 11.6. The largest absolute Gasteiger partial charge is 0.308 e. The second-order valence-electron chi connectivity index (χ2n) is 5.13. The van der Waals surface area contributed by atoms with Gasteiger partial charge in [0.25, 0.3) is 0 Å². The lowest BCUT2D eigenvalue weighted by atomic mass is 9.79. The zero-order valence-corrected chi connectivity index (χ0v) is 10.5. The van der Waals surface area contributed by atoms with Crippen LogP contribution in [0.3, 0.4) is 0 Å². The summed E-state index contributed by atoms with van der Waals surface area (Å²) in [5.41, 5.74) is 1.58. The number of nitrogens with zero attached hydrogens (tertiary/aromatic N) is 3. The Balaban J connectivity index is 2.26. The Kier molecular flexibility index (Phi) is 3.28. The van der Waals surface area contributed by atoms with E-state index in [-0.39, 0.29) is 0 Å². The minimum Gasteiger partial charge on any atom is -0.308 e. The molecule has 1 aromatic heterocycles. The topological polar surface area (TPSA) is 42.7 Å². The molecule has 1 aliphatic carbocycles. The molecule has 0 aromatic carbocycles. The van der Waals surface area contributed by atoms with Crippen molar-refractivity contribution in [2.75, 3.05) is 6.54 Å². The van der Waals surface area contributed by atoms with Crippen molar-refractivity contribution in [1.82, 2.24) is 20.3 Å². The summed E-state index contributed by atoms with van der Waals surface area (Å²) >= 11 is 0. The van der Waals surface area contributed by atoms with E-state index in [4.69, 9.17) is 0 Å². The molecule has 1 saturated carbocycles. The fourth-order valence-corrected chi connectivity index (χ4v) is 2.94. The van der Waals surface area contributed by atoms with Crippen molar-refractivity contribution >= 4 is 0 Å². The number of hydrogen-bond donors (Lipinski definition) is 1. The Morgan fingerprint density at radius 3 is 2.69 bits per heavy atom. The number of aromatic nitrogens is 3. The first-order valence-corrected chi connectivity index (χ1v) is 6.25. The van der Waals surface area contributed by atoms with Crippen molar-refractivity contribution in [2.24, 2.45) is 12.5 Å². The smallest absolute Gasteiger partial charge is 0.0758 e. The highest BCUT2D eigenvalue weighted by Gasteiger charge is 2.38. The predicted molar refractivity (Wildman–Crippen MR) is 64.0 cm³/mol. The molecule has 1 unspecified atom stereocenters. The predicted octanol–water partition coefficient (Wildman–Crippen LogP) is 2.05. The van der Waals surface area contributed by atoms with Crippen LogP contribution in [0.25, 0.3) is 0 Å². The van der Waals surface area contributed by atoms with Gasteiger partial charge in [-0.2, -0.15) is 0 Å². The molecule has 1 N–H and O–H groups in total. The molecule has 0 spiro atoms. The normalized spacial score (nSPS) is 21.2. The molecular formula is C12H22N4. The van der Waals surface area contributed by atoms with Gasteiger partial charge in [-0.3, -0.25) is 4.68 Å². The first-order valence-electron chi connectivity index (χ1n) is 6.25. The number of aryl methyl sites for hydroxylation is 1. The lowest BCUT2D eigenvalue weighted by Crippen LogP contribution is -2.35. The standard InChI is InChI=1S/C12H22N4/c1-4-13-11(10-9-14-15-16(10)3)12(2)7-5-6-8-12/h9,11,13H,4-8H2,1-3H3. The summed E-state index contributed by atoms with van der Waals surface area (Å²) in [4.78, 5) is 0. The number of nitrogens with one attached hydrogen (secondary N) is 1. The lowest BCUT2D eigenvalue weighted by molar-refractivity contribution is 0.217. The Morgan fingerprint density at radius 1 is 1.50 bits per heavy atom. The Labute approximate surface area is 97.4 Å². The Morgan fingerprint density at radius 2 is 2.19 bits per heavy atom. The summed E-state index contributed by atoms with van der Waals surface area (Å²) < 4.78 is 1.90. The average molecular weight is 222 g/mol. The minimum atomic E-state index is 0.367. The van der Waals surface area contributed by atoms with Crippen LogP contribution in [-0.4, -0.2) is 21.5 Å². The van der Waals surface area contributed by atoms with Crippen LogP contribution < -0.4 is 5.32 Å². The van der Waals surface area contributed by atoms with Gasteiger partial charge in [0, 0.05) is 7.05 Å². The molecule has 1 aliphatic rings. The molecule has 0 amide bonds. The van der Waals surface area contributed by atoms with Crippen LogP contribution in [0.1, 0.15) is 51.3 Å². The van der Waals surface area contributed by atoms with Crippen molar-refractivity contribution in [3.8, 4) is 0 Å². The van der Waals surface area contributed by atoms with Gasteiger partial charge < -0.3 is 5.32 Å². The van der Waals surface area contributed by atoms with Gasteiger partial charge in [-0.15, -0.1) is 5.10 Å². The molecule has 1 heterocycles. The molecule has 0 saturated heterocycles. The van der Waals surface area contributed by atoms with Crippen LogP contribution in [0, 0.1) is 5.41 Å². The van der Waals surface area contributed by atoms with Crippen molar-refractivity contribution in [1.29, 1.82) is 0 Å². The van der Waals surface area contributed by atoms with Gasteiger partial charge in [-0.1, -0.05) is 31.9 Å². The summed E-state index contributed by atoms with van der Waals surface area (Å²) in [6, 6.07) is 0.389. The molecule has 4 heteroatoms. The van der Waals surface area contributed by atoms with Gasteiger partial charge >= 0.3 is 0 Å². The van der Waals surface area contributed by atoms with Gasteiger partial charge in [-0.05, 0) is 24.8 Å². The van der Waals surface area contributed by atoms with Crippen molar-refractivity contribution in [3.63, 3.8) is 0 Å². The molecule has 1 fully saturated rings. The monoisotopic (exact) mass is 222 g/mol. The summed E-state index contributed by atoms with van der Waals surface area (Å²) in [7, 11) is 1.98. The van der Waals surface area contributed by atoms with E-state index in [1.54, 1.807) is 0 Å². The quantitative estimate of drug-likeness (QED) is 0.847. The second-order valence-corrected chi connectivity index (χ2v) is 5.13. The zero-order chi connectivity index (χ0) is 11.6. The van der Waals surface area contributed by atoms with E-state index in [2.05, 4.69) is 29.5 Å². The van der Waals surface area contributed by atoms with Crippen LogP contribution in [0.15, 0.2) is 6.20 Å². The number of hydrogen-bond acceptors (Lipinski definition) is 3. The van der Waals surface area contributed by atoms with E-state index in [1.807, 2.05) is 17.9 Å². The summed E-state index contributed by atoms with van der Waals surface area (Å²) in [6.45, 7) is 5.54. The van der Waals surface area contributed by atoms with E-state index >= 15 is 0 Å². The fourth-order valence-electron chi connectivity index (χ4n) is 2.94. The van der Waals surface area contributed by atoms with E-state index in [0.29, 0.717) is 11.5 Å². The van der Waals surface area contributed by atoms with Gasteiger partial charge in [-0.25, -0.2) is 0 Å². The van der Waals surface area contributed by atoms with Gasteiger partial charge in [0.2, 0.25) is 0 Å². The van der Waals surface area contributed by atoms with Crippen LogP contribution in [0.4, 0.5) is 0 Å². The molecule has 1 aromatic rings. The van der Waals surface area contributed by atoms with Gasteiger partial charge in [0.15, 0.2) is 0 Å². The first-order chi connectivity index (χ1) is 7.67. The fraction of sp³-hybridized carbons (Fsp3) is 0.833. The molecule has 0 radical (unpaired) electrons. The highest BCUT2D eigenvalue weighted by Crippen LogP contribution is 2.46. The summed E-state index contributed by atoms with van der Waals surface area (Å²) in [5.74, 6) is 0. The number of rotatable bonds is 4. The molecule has 16 heavy (non-hydrogen) atoms. The zero-order valence-electron chi connectivity index (χ0n) is 10.5. The van der Waals surface area contributed by atoms with Crippen molar-refractivity contribution < 1.29 is 0 Å². The average Bonchev–Trinajstić information content (AvgIpc) is 2.85. The van der Waals surface area contributed by atoms with E-state index < -0.39 is 0 Å². The van der Waals surface area contributed by atoms with Crippen LogP contribution in [0.5, 0.6) is 0 Å². The maximum atomic E-state index is 4.05. The summed E-state index contributed by atoms with van der Waals surface area (Å²) in [5, 5.41) is 11.7. The maximum absolute atomic E-state index is 4.05. The van der Waals surface area contributed by atoms with Crippen molar-refractivity contribution in [2.45, 2.75) is 45.6 Å². The second kappa shape index (κ2) is 4.53. The highest BCUT2D eigenvalue weighted by molar-refractivity contribution is 5.09.